The van der Waals surface area contributed by atoms with E-state index in [-0.39, 0.29) is 24.0 Å². The van der Waals surface area contributed by atoms with E-state index >= 15 is 0 Å². The van der Waals surface area contributed by atoms with Gasteiger partial charge in [-0.3, -0.25) is 10.1 Å². The topological polar surface area (TPSA) is 91.1 Å². The van der Waals surface area contributed by atoms with Crippen molar-refractivity contribution in [2.45, 2.75) is 13.0 Å². The molecule has 2 aromatic heterocycles. The molecule has 132 valence electrons. The van der Waals surface area contributed by atoms with Gasteiger partial charge >= 0.3 is 0 Å². The Morgan fingerprint density at radius 3 is 2.88 bits per heavy atom. The van der Waals surface area contributed by atoms with Crippen LogP contribution in [-0.4, -0.2) is 34.7 Å². The highest BCUT2D eigenvalue weighted by molar-refractivity contribution is 14.0. The van der Waals surface area contributed by atoms with Gasteiger partial charge in [0.05, 0.1) is 6.26 Å². The fourth-order valence-corrected chi connectivity index (χ4v) is 2.34. The van der Waals surface area contributed by atoms with Crippen LogP contribution in [0.5, 0.6) is 0 Å². The summed E-state index contributed by atoms with van der Waals surface area (Å²) < 4.78 is 5.31. The fraction of sp³-hybridized carbons (Fsp3) is 0.235. The third kappa shape index (κ3) is 5.59. The van der Waals surface area contributed by atoms with E-state index in [9.17, 15) is 0 Å². The predicted molar refractivity (Wildman–Crippen MR) is 108 cm³/mol. The number of nitrogens with one attached hydrogen (secondary N) is 3. The highest BCUT2D eigenvalue weighted by Crippen LogP contribution is 2.15. The van der Waals surface area contributed by atoms with Crippen LogP contribution in [-0.2, 0) is 13.0 Å². The van der Waals surface area contributed by atoms with Crippen LogP contribution < -0.4 is 10.6 Å². The van der Waals surface area contributed by atoms with Crippen molar-refractivity contribution in [2.75, 3.05) is 13.6 Å². The van der Waals surface area contributed by atoms with Crippen molar-refractivity contribution in [3.05, 3.63) is 60.3 Å². The van der Waals surface area contributed by atoms with E-state index < -0.39 is 0 Å². The summed E-state index contributed by atoms with van der Waals surface area (Å²) in [5, 5.41) is 13.3. The molecule has 0 amide bonds. The van der Waals surface area contributed by atoms with Crippen LogP contribution in [0.4, 0.5) is 0 Å². The third-order valence-corrected chi connectivity index (χ3v) is 3.54. The Morgan fingerprint density at radius 2 is 2.16 bits per heavy atom. The number of benzene rings is 1. The molecule has 3 rings (SSSR count). The molecule has 0 aliphatic carbocycles. The van der Waals surface area contributed by atoms with Gasteiger partial charge < -0.3 is 15.1 Å². The van der Waals surface area contributed by atoms with Crippen LogP contribution >= 0.6 is 24.0 Å². The molecule has 0 fully saturated rings. The number of hydrogen-bond acceptors (Lipinski definition) is 4. The third-order valence-electron chi connectivity index (χ3n) is 3.54. The van der Waals surface area contributed by atoms with Crippen LogP contribution in [0.15, 0.2) is 58.4 Å². The first kappa shape index (κ1) is 19.0. The first-order valence-electron chi connectivity index (χ1n) is 7.77. The van der Waals surface area contributed by atoms with E-state index in [1.165, 1.54) is 6.33 Å². The molecule has 1 aromatic carbocycles. The Balaban J connectivity index is 0.00000225. The molecular weight excluding hydrogens is 431 g/mol. The van der Waals surface area contributed by atoms with Crippen LogP contribution in [0, 0.1) is 0 Å². The van der Waals surface area contributed by atoms with E-state index in [0.29, 0.717) is 6.54 Å². The van der Waals surface area contributed by atoms with Gasteiger partial charge in [0.25, 0.3) is 0 Å². The number of hydrogen-bond donors (Lipinski definition) is 3. The standard InChI is InChI=1S/C17H20N6O.HI/c1-18-17(19-8-7-15-6-3-9-24-15)20-11-13-4-2-5-14(10-13)16-21-12-22-23-16;/h2-6,9-10,12H,7-8,11H2,1H3,(H2,18,19,20)(H,21,22,23);1H. The summed E-state index contributed by atoms with van der Waals surface area (Å²) in [4.78, 5) is 8.40. The van der Waals surface area contributed by atoms with Gasteiger partial charge in [0.2, 0.25) is 0 Å². The molecule has 0 aliphatic rings. The molecule has 8 heteroatoms. The van der Waals surface area contributed by atoms with Crippen LogP contribution in [0.2, 0.25) is 0 Å². The summed E-state index contributed by atoms with van der Waals surface area (Å²) in [7, 11) is 1.76. The van der Waals surface area contributed by atoms with E-state index in [4.69, 9.17) is 4.42 Å². The summed E-state index contributed by atoms with van der Waals surface area (Å²) >= 11 is 0. The number of aromatic amines is 1. The molecular formula is C17H21IN6O. The maximum atomic E-state index is 5.31. The molecule has 25 heavy (non-hydrogen) atoms. The Morgan fingerprint density at radius 1 is 1.24 bits per heavy atom. The molecule has 0 radical (unpaired) electrons. The van der Waals surface area contributed by atoms with Gasteiger partial charge in [-0.1, -0.05) is 18.2 Å². The summed E-state index contributed by atoms with van der Waals surface area (Å²) in [5.41, 5.74) is 2.14. The molecule has 7 nitrogen and oxygen atoms in total. The minimum atomic E-state index is 0. The summed E-state index contributed by atoms with van der Waals surface area (Å²) in [6.07, 6.45) is 4.00. The lowest BCUT2D eigenvalue weighted by Gasteiger charge is -2.12. The minimum Gasteiger partial charge on any atom is -0.469 e. The van der Waals surface area contributed by atoms with Gasteiger partial charge in [-0.15, -0.1) is 24.0 Å². The first-order chi connectivity index (χ1) is 11.8. The van der Waals surface area contributed by atoms with Gasteiger partial charge in [0, 0.05) is 32.1 Å². The van der Waals surface area contributed by atoms with E-state index in [0.717, 1.165) is 41.6 Å². The number of halogens is 1. The quantitative estimate of drug-likeness (QED) is 0.304. The number of aromatic nitrogens is 3. The monoisotopic (exact) mass is 452 g/mol. The Hall–Kier alpha value is -2.36. The molecule has 3 aromatic rings. The Labute approximate surface area is 163 Å². The zero-order chi connectivity index (χ0) is 16.6. The summed E-state index contributed by atoms with van der Waals surface area (Å²) in [5.74, 6) is 2.47. The average molecular weight is 452 g/mol. The molecule has 0 atom stereocenters. The van der Waals surface area contributed by atoms with Crippen LogP contribution in [0.3, 0.4) is 0 Å². The lowest BCUT2D eigenvalue weighted by molar-refractivity contribution is 0.507. The second-order valence-corrected chi connectivity index (χ2v) is 5.22. The number of nitrogens with zero attached hydrogens (tertiary/aromatic N) is 3. The smallest absolute Gasteiger partial charge is 0.191 e. The molecule has 2 heterocycles. The Bertz CT molecular complexity index is 770. The molecule has 0 saturated carbocycles. The van der Waals surface area contributed by atoms with Crippen molar-refractivity contribution in [1.82, 2.24) is 25.8 Å². The van der Waals surface area contributed by atoms with Gasteiger partial charge in [0.1, 0.15) is 12.1 Å². The van der Waals surface area contributed by atoms with E-state index in [2.05, 4.69) is 42.9 Å². The SMILES string of the molecule is CN=C(NCCc1ccco1)NCc1cccc(-c2ncn[nH]2)c1.I. The predicted octanol–water partition coefficient (Wildman–Crippen LogP) is 2.59. The maximum Gasteiger partial charge on any atom is 0.191 e. The fourth-order valence-electron chi connectivity index (χ4n) is 2.34. The van der Waals surface area contributed by atoms with Crippen LogP contribution in [0.25, 0.3) is 11.4 Å². The average Bonchev–Trinajstić information content (AvgIpc) is 3.31. The van der Waals surface area contributed by atoms with Crippen molar-refractivity contribution >= 4 is 29.9 Å². The Kier molecular flexibility index (Phi) is 7.45. The lowest BCUT2D eigenvalue weighted by atomic mass is 10.1. The van der Waals surface area contributed by atoms with Crippen molar-refractivity contribution in [1.29, 1.82) is 0 Å². The van der Waals surface area contributed by atoms with Crippen LogP contribution in [0.1, 0.15) is 11.3 Å². The molecule has 0 bridgehead atoms. The van der Waals surface area contributed by atoms with Gasteiger partial charge in [-0.2, -0.15) is 5.10 Å². The van der Waals surface area contributed by atoms with Gasteiger partial charge in [-0.25, -0.2) is 4.98 Å². The van der Waals surface area contributed by atoms with Crippen molar-refractivity contribution in [2.24, 2.45) is 4.99 Å². The van der Waals surface area contributed by atoms with Crippen molar-refractivity contribution in [3.8, 4) is 11.4 Å². The second-order valence-electron chi connectivity index (χ2n) is 5.22. The zero-order valence-corrected chi connectivity index (χ0v) is 16.2. The number of aliphatic imine (C=N–C) groups is 1. The number of rotatable bonds is 6. The molecule has 3 N–H and O–H groups in total. The zero-order valence-electron chi connectivity index (χ0n) is 13.9. The van der Waals surface area contributed by atoms with Gasteiger partial charge in [0.15, 0.2) is 11.8 Å². The largest absolute Gasteiger partial charge is 0.469 e. The molecule has 0 aliphatic heterocycles. The van der Waals surface area contributed by atoms with E-state index in [1.807, 2.05) is 24.3 Å². The highest BCUT2D eigenvalue weighted by atomic mass is 127. The minimum absolute atomic E-state index is 0. The molecule has 0 saturated heterocycles. The highest BCUT2D eigenvalue weighted by Gasteiger charge is 2.03. The maximum absolute atomic E-state index is 5.31. The van der Waals surface area contributed by atoms with Crippen molar-refractivity contribution < 1.29 is 4.42 Å². The van der Waals surface area contributed by atoms with Gasteiger partial charge in [-0.05, 0) is 23.8 Å². The summed E-state index contributed by atoms with van der Waals surface area (Å²) in [6.45, 7) is 1.42. The normalized spacial score (nSPS) is 11.0. The molecule has 0 unspecified atom stereocenters. The number of furan rings is 1. The summed E-state index contributed by atoms with van der Waals surface area (Å²) in [6, 6.07) is 12.0. The second kappa shape index (κ2) is 9.82. The van der Waals surface area contributed by atoms with E-state index in [1.54, 1.807) is 13.3 Å². The number of H-pyrrole nitrogens is 1. The first-order valence-corrected chi connectivity index (χ1v) is 7.77. The molecule has 0 spiro atoms. The number of guanidine groups is 1. The lowest BCUT2D eigenvalue weighted by Crippen LogP contribution is -2.37. The van der Waals surface area contributed by atoms with Crippen molar-refractivity contribution in [3.63, 3.8) is 0 Å².